The molecule has 6 aromatic carbocycles. The molecule has 0 aliphatic rings. The largest absolute Gasteiger partial charge is 0.497 e. The summed E-state index contributed by atoms with van der Waals surface area (Å²) in [7, 11) is 13.4. The first-order valence-corrected chi connectivity index (χ1v) is 28.4. The van der Waals surface area contributed by atoms with E-state index in [1.807, 2.05) is 118 Å². The van der Waals surface area contributed by atoms with Gasteiger partial charge in [-0.05, 0) is 167 Å². The van der Waals surface area contributed by atoms with Crippen molar-refractivity contribution in [2.75, 3.05) is 71.4 Å². The van der Waals surface area contributed by atoms with Gasteiger partial charge in [0, 0.05) is 76.2 Å². The second-order valence-corrected chi connectivity index (χ2v) is 21.7. The van der Waals surface area contributed by atoms with Crippen LogP contribution in [0.3, 0.4) is 0 Å². The lowest BCUT2D eigenvalue weighted by Crippen LogP contribution is -2.26. The van der Waals surface area contributed by atoms with Gasteiger partial charge in [-0.2, -0.15) is 0 Å². The number of carbonyl (C=O) groups excluding carboxylic acids is 3. The summed E-state index contributed by atoms with van der Waals surface area (Å²) >= 11 is 4.33. The van der Waals surface area contributed by atoms with Crippen LogP contribution in [0.1, 0.15) is 75.6 Å². The predicted molar refractivity (Wildman–Crippen MR) is 331 cm³/mol. The molecule has 0 spiro atoms. The van der Waals surface area contributed by atoms with Crippen molar-refractivity contribution >= 4 is 67.1 Å². The molecule has 81 heavy (non-hydrogen) atoms. The Morgan fingerprint density at radius 2 is 0.765 bits per heavy atom. The highest BCUT2D eigenvalue weighted by molar-refractivity contribution is 7.14. The van der Waals surface area contributed by atoms with Crippen LogP contribution in [0.25, 0.3) is 33.8 Å². The molecule has 420 valence electrons. The number of aryl methyl sites for hydroxylation is 4. The van der Waals surface area contributed by atoms with Gasteiger partial charge in [0.05, 0.1) is 52.6 Å². The van der Waals surface area contributed by atoms with Crippen LogP contribution in [0, 0.1) is 55.4 Å². The maximum atomic E-state index is 13.0. The minimum Gasteiger partial charge on any atom is -0.497 e. The molecule has 0 aliphatic carbocycles. The Morgan fingerprint density at radius 1 is 0.383 bits per heavy atom. The molecular formula is C64H68N6O8S3. The highest BCUT2D eigenvalue weighted by Crippen LogP contribution is 2.37. The third-order valence-corrected chi connectivity index (χ3v) is 16.8. The Balaban J connectivity index is 0.000000175. The lowest BCUT2D eigenvalue weighted by molar-refractivity contribution is 0.0984. The van der Waals surface area contributed by atoms with Crippen molar-refractivity contribution in [1.29, 1.82) is 0 Å². The highest BCUT2D eigenvalue weighted by Gasteiger charge is 2.23. The third kappa shape index (κ3) is 13.6. The molecule has 0 unspecified atom stereocenters. The fourth-order valence-corrected chi connectivity index (χ4v) is 11.1. The Labute approximate surface area is 487 Å². The fourth-order valence-electron chi connectivity index (χ4n) is 8.67. The highest BCUT2D eigenvalue weighted by atomic mass is 32.1. The Morgan fingerprint density at radius 3 is 1.17 bits per heavy atom. The summed E-state index contributed by atoms with van der Waals surface area (Å²) in [5.74, 6) is 3.56. The molecule has 0 saturated heterocycles. The number of ether oxygens (including phenoxy) is 5. The van der Waals surface area contributed by atoms with Crippen LogP contribution in [-0.4, -0.2) is 89.4 Å². The Bertz CT molecular complexity index is 3730. The quantitative estimate of drug-likeness (QED) is 0.103. The Hall–Kier alpha value is -8.38. The summed E-state index contributed by atoms with van der Waals surface area (Å²) in [5.41, 5.74) is 15.8. The summed E-state index contributed by atoms with van der Waals surface area (Å²) in [6, 6.07) is 32.4. The van der Waals surface area contributed by atoms with Crippen molar-refractivity contribution in [2.45, 2.75) is 55.4 Å². The molecule has 9 rings (SSSR count). The van der Waals surface area contributed by atoms with Crippen molar-refractivity contribution < 1.29 is 38.1 Å². The van der Waals surface area contributed by atoms with Crippen LogP contribution in [0.5, 0.6) is 28.7 Å². The van der Waals surface area contributed by atoms with E-state index in [-0.39, 0.29) is 17.7 Å². The van der Waals surface area contributed by atoms with Crippen LogP contribution in [0.4, 0.5) is 15.4 Å². The van der Waals surface area contributed by atoms with Crippen LogP contribution < -0.4 is 38.4 Å². The minimum atomic E-state index is -0.132. The maximum absolute atomic E-state index is 13.0. The molecule has 14 nitrogen and oxygen atoms in total. The van der Waals surface area contributed by atoms with Gasteiger partial charge in [-0.3, -0.25) is 29.1 Å². The zero-order valence-electron chi connectivity index (χ0n) is 48.7. The van der Waals surface area contributed by atoms with Gasteiger partial charge in [-0.25, -0.2) is 15.0 Å². The van der Waals surface area contributed by atoms with E-state index in [4.69, 9.17) is 23.7 Å². The van der Waals surface area contributed by atoms with E-state index < -0.39 is 0 Å². The van der Waals surface area contributed by atoms with Gasteiger partial charge in [0.1, 0.15) is 28.7 Å². The van der Waals surface area contributed by atoms with Crippen LogP contribution >= 0.6 is 34.0 Å². The normalized spacial score (nSPS) is 10.6. The van der Waals surface area contributed by atoms with Gasteiger partial charge in [0.25, 0.3) is 17.7 Å². The molecule has 0 radical (unpaired) electrons. The molecule has 0 saturated carbocycles. The number of nitrogens with zero attached hydrogens (tertiary/aromatic N) is 6. The number of carbonyl (C=O) groups is 3. The van der Waals surface area contributed by atoms with E-state index in [1.54, 1.807) is 95.7 Å². The summed E-state index contributed by atoms with van der Waals surface area (Å²) in [4.78, 5) is 57.3. The summed E-state index contributed by atoms with van der Waals surface area (Å²) in [6.45, 7) is 16.1. The zero-order chi connectivity index (χ0) is 58.8. The lowest BCUT2D eigenvalue weighted by Gasteiger charge is -2.16. The van der Waals surface area contributed by atoms with E-state index in [2.05, 4.69) is 47.0 Å². The van der Waals surface area contributed by atoms with Gasteiger partial charge in [0.15, 0.2) is 15.4 Å². The molecule has 0 N–H and O–H groups in total. The van der Waals surface area contributed by atoms with Crippen LogP contribution in [0.15, 0.2) is 119 Å². The number of thiazole rings is 3. The minimum absolute atomic E-state index is 0.0540. The summed E-state index contributed by atoms with van der Waals surface area (Å²) in [6.07, 6.45) is 0. The van der Waals surface area contributed by atoms with E-state index in [1.165, 1.54) is 34.0 Å². The first-order chi connectivity index (χ1) is 38.7. The molecule has 0 fully saturated rings. The van der Waals surface area contributed by atoms with Gasteiger partial charge in [-0.15, -0.1) is 34.0 Å². The smallest absolute Gasteiger partial charge is 0.260 e. The van der Waals surface area contributed by atoms with Crippen LogP contribution in [0.2, 0.25) is 0 Å². The number of hydrogen-bond donors (Lipinski definition) is 0. The Kier molecular flexibility index (Phi) is 19.9. The van der Waals surface area contributed by atoms with E-state index >= 15 is 0 Å². The number of benzene rings is 6. The van der Waals surface area contributed by atoms with Gasteiger partial charge >= 0.3 is 0 Å². The number of methoxy groups -OCH3 is 5. The average Bonchev–Trinajstić information content (AvgIpc) is 4.32. The van der Waals surface area contributed by atoms with Crippen molar-refractivity contribution in [3.8, 4) is 62.5 Å². The number of aromatic nitrogens is 3. The number of amides is 3. The van der Waals surface area contributed by atoms with Gasteiger partial charge in [-0.1, -0.05) is 30.3 Å². The van der Waals surface area contributed by atoms with Crippen molar-refractivity contribution in [3.05, 3.63) is 180 Å². The topological polar surface area (TPSA) is 146 Å². The second kappa shape index (κ2) is 26.7. The standard InChI is InChI=1S/C22H24N2O3S.C21H22N2O3S.C21H22N2O2S/c1-13-10-16(11-20(27-6)14(13)2)18-12-28-22(23-18)24(4)21(25)17-8-7-9-19(26-5)15(17)3;1-13-9-16(11-19(26-5)14(13)2)18-12-27-21(22-18)23(3)20(24)15-7-6-8-17(10-15)25-4;1-13-8-6-7-9-17(13)20(24)23(4)21-22-18(12-26-21)16-10-14(2)15(3)19(11-16)25-5/h7-12H,1-6H3;6-12H,1-5H3;6-12H,1-5H3. The molecule has 0 aliphatic heterocycles. The SMILES string of the molecule is COc1cc(-c2csc(N(C)C(=O)c3cccc(OC)c3C)n2)cc(C)c1C.COc1cc(-c2csc(N(C)C(=O)c3ccccc3C)n2)cc(C)c1C.COc1cccc(C(=O)N(C)c2nc(-c3cc(C)c(C)c(OC)c3)cs2)c1. The van der Waals surface area contributed by atoms with Crippen LogP contribution in [-0.2, 0) is 0 Å². The molecular weight excluding hydrogens is 1080 g/mol. The fraction of sp³-hybridized carbons (Fsp3) is 0.250. The molecule has 17 heteroatoms. The number of anilines is 3. The zero-order valence-corrected chi connectivity index (χ0v) is 51.2. The van der Waals surface area contributed by atoms with Gasteiger partial charge < -0.3 is 23.7 Å². The third-order valence-electron chi connectivity index (χ3n) is 14.1. The first-order valence-electron chi connectivity index (χ1n) is 25.7. The van der Waals surface area contributed by atoms with E-state index in [0.29, 0.717) is 43.6 Å². The van der Waals surface area contributed by atoms with Crippen molar-refractivity contribution in [3.63, 3.8) is 0 Å². The monoisotopic (exact) mass is 1140 g/mol. The molecule has 3 heterocycles. The summed E-state index contributed by atoms with van der Waals surface area (Å²) < 4.78 is 26.9. The predicted octanol–water partition coefficient (Wildman–Crippen LogP) is 14.8. The first kappa shape index (κ1) is 60.3. The molecule has 0 atom stereocenters. The lowest BCUT2D eigenvalue weighted by atomic mass is 10.0. The average molecular weight is 1150 g/mol. The van der Waals surface area contributed by atoms with Gasteiger partial charge in [0.2, 0.25) is 0 Å². The van der Waals surface area contributed by atoms with Crippen molar-refractivity contribution in [1.82, 2.24) is 15.0 Å². The molecule has 9 aromatic rings. The van der Waals surface area contributed by atoms with E-state index in [0.717, 1.165) is 95.5 Å². The molecule has 3 amide bonds. The maximum Gasteiger partial charge on any atom is 0.260 e. The second-order valence-electron chi connectivity index (χ2n) is 19.2. The van der Waals surface area contributed by atoms with E-state index in [9.17, 15) is 14.4 Å². The molecule has 3 aromatic heterocycles. The summed E-state index contributed by atoms with van der Waals surface area (Å²) in [5, 5.41) is 7.83. The molecule has 0 bridgehead atoms. The van der Waals surface area contributed by atoms with Crippen molar-refractivity contribution in [2.24, 2.45) is 0 Å². The number of rotatable bonds is 14. The number of hydrogen-bond acceptors (Lipinski definition) is 14.